The number of benzene rings is 6. The van der Waals surface area contributed by atoms with Crippen LogP contribution in [0.5, 0.6) is 0 Å². The first-order valence-corrected chi connectivity index (χ1v) is 31.4. The van der Waals surface area contributed by atoms with E-state index < -0.39 is 0 Å². The number of rotatable bonds is 9. The van der Waals surface area contributed by atoms with E-state index in [0.29, 0.717) is 0 Å². The van der Waals surface area contributed by atoms with Crippen LogP contribution in [0.25, 0.3) is 95.4 Å². The van der Waals surface area contributed by atoms with E-state index in [1.165, 1.54) is 155 Å². The van der Waals surface area contributed by atoms with Crippen LogP contribution in [0.4, 0.5) is 0 Å². The van der Waals surface area contributed by atoms with Crippen LogP contribution in [0.1, 0.15) is 74.9 Å². The summed E-state index contributed by atoms with van der Waals surface area (Å²) in [6.45, 7) is 21.5. The molecule has 6 heterocycles. The van der Waals surface area contributed by atoms with Gasteiger partial charge >= 0.3 is 0 Å². The smallest absolute Gasteiger partial charge is 0.155 e. The maximum atomic E-state index is 10.0. The Labute approximate surface area is 598 Å². The number of aromatic nitrogens is 3. The SMILES string of the molecule is CC(=O)C=C(C)O.CC(=O)C=C(C)O.CC(=O)C=C(C)O.Cc1cc(C)c(-c2cc3cc(-c4[c-]cccc4)ncc3s2)c(C)c1.Cc1cc(C)cc(-c2cc3cc(-c4[c-]cccc4)ncc3s2)c1.Cc1ccc(-c2cc3cc(-c4[c-]cccc4)ncc3s2)cc1.[Ir].[Ir].[Ir]. The molecule has 0 atom stereocenters. The van der Waals surface area contributed by atoms with Gasteiger partial charge in [-0.15, -0.1) is 142 Å². The van der Waals surface area contributed by atoms with Gasteiger partial charge in [-0.05, 0) is 162 Å². The number of ketones is 3. The number of carbonyl (C=O) groups excluding carboxylic acids is 3. The molecule has 12 aromatic rings. The zero-order chi connectivity index (χ0) is 65.0. The van der Waals surface area contributed by atoms with Crippen molar-refractivity contribution in [1.29, 1.82) is 0 Å². The Hall–Kier alpha value is -7.77. The number of pyridine rings is 3. The number of fused-ring (bicyclic) bond motifs is 3. The average molecular weight is 1820 g/mol. The van der Waals surface area contributed by atoms with E-state index in [1.807, 2.05) is 96.7 Å². The second kappa shape index (κ2) is 37.8. The second-order valence-corrected chi connectivity index (χ2v) is 24.9. The van der Waals surface area contributed by atoms with Gasteiger partial charge in [0.25, 0.3) is 0 Å². The molecule has 0 saturated heterocycles. The molecule has 0 saturated carbocycles. The predicted molar refractivity (Wildman–Crippen MR) is 378 cm³/mol. The molecule has 15 heteroatoms. The fourth-order valence-corrected chi connectivity index (χ4v) is 12.8. The van der Waals surface area contributed by atoms with E-state index >= 15 is 0 Å². The third-order valence-electron chi connectivity index (χ3n) is 13.2. The molecule has 0 aliphatic rings. The Bertz CT molecular complexity index is 4420. The van der Waals surface area contributed by atoms with E-state index in [-0.39, 0.29) is 94.9 Å². The van der Waals surface area contributed by atoms with Crippen LogP contribution < -0.4 is 0 Å². The Balaban J connectivity index is 0.000000254. The van der Waals surface area contributed by atoms with Gasteiger partial charge in [0, 0.05) is 112 Å². The van der Waals surface area contributed by atoms with Gasteiger partial charge in [-0.1, -0.05) is 95.1 Å². The zero-order valence-corrected chi connectivity index (χ0v) is 63.3. The number of nitrogens with zero attached hydrogens (tertiary/aromatic N) is 3. The van der Waals surface area contributed by atoms with Gasteiger partial charge < -0.3 is 30.3 Å². The molecule has 3 radical (unpaired) electrons. The predicted octanol–water partition coefficient (Wildman–Crippen LogP) is 21.2. The molecule has 0 aliphatic carbocycles. The third kappa shape index (κ3) is 24.3. The van der Waals surface area contributed by atoms with Gasteiger partial charge in [0.15, 0.2) is 17.3 Å². The van der Waals surface area contributed by atoms with Crippen LogP contribution in [0.2, 0.25) is 0 Å². The summed E-state index contributed by atoms with van der Waals surface area (Å²) in [5.41, 5.74) is 17.8. The van der Waals surface area contributed by atoms with Crippen molar-refractivity contribution in [3.8, 4) is 65.1 Å². The third-order valence-corrected chi connectivity index (χ3v) is 16.5. The molecule has 0 spiro atoms. The molecule has 9 nitrogen and oxygen atoms in total. The summed E-state index contributed by atoms with van der Waals surface area (Å²) in [5, 5.41) is 28.8. The number of aliphatic hydroxyl groups is 3. The summed E-state index contributed by atoms with van der Waals surface area (Å²) in [7, 11) is 0. The van der Waals surface area contributed by atoms with Crippen molar-refractivity contribution in [2.45, 2.75) is 83.1 Å². The van der Waals surface area contributed by atoms with Crippen LogP contribution in [-0.2, 0) is 74.7 Å². The van der Waals surface area contributed by atoms with Crippen molar-refractivity contribution in [2.75, 3.05) is 0 Å². The largest absolute Gasteiger partial charge is 0.512 e. The molecule has 0 aliphatic heterocycles. The molecular weight excluding hydrogens is 1750 g/mol. The number of hydrogen-bond acceptors (Lipinski definition) is 12. The molecule has 0 unspecified atom stereocenters. The first kappa shape index (κ1) is 77.7. The Morgan fingerprint density at radius 2 is 0.699 bits per heavy atom. The molecule has 93 heavy (non-hydrogen) atoms. The van der Waals surface area contributed by atoms with E-state index in [4.69, 9.17) is 15.3 Å². The van der Waals surface area contributed by atoms with Crippen molar-refractivity contribution in [2.24, 2.45) is 0 Å². The van der Waals surface area contributed by atoms with Crippen molar-refractivity contribution in [3.63, 3.8) is 0 Å². The number of thiophene rings is 3. The molecule has 483 valence electrons. The Morgan fingerprint density at radius 3 is 1.01 bits per heavy atom. The van der Waals surface area contributed by atoms with E-state index in [1.54, 1.807) is 22.7 Å². The number of hydrogen-bond donors (Lipinski definition) is 3. The summed E-state index contributed by atoms with van der Waals surface area (Å²) in [6.07, 6.45) is 9.43. The zero-order valence-electron chi connectivity index (χ0n) is 53.7. The summed E-state index contributed by atoms with van der Waals surface area (Å²) >= 11 is 5.40. The number of allylic oxidation sites excluding steroid dienone is 6. The van der Waals surface area contributed by atoms with Gasteiger partial charge in [-0.3, -0.25) is 14.4 Å². The minimum Gasteiger partial charge on any atom is -0.512 e. The second-order valence-electron chi connectivity index (χ2n) is 21.7. The molecule has 3 N–H and O–H groups in total. The topological polar surface area (TPSA) is 151 Å². The molecule has 12 rings (SSSR count). The minimum atomic E-state index is -0.125. The van der Waals surface area contributed by atoms with Crippen molar-refractivity contribution in [1.82, 2.24) is 15.0 Å². The van der Waals surface area contributed by atoms with Gasteiger partial charge in [0.1, 0.15) is 0 Å². The van der Waals surface area contributed by atoms with Crippen LogP contribution in [-0.4, -0.2) is 47.6 Å². The fraction of sp³-hybridized carbons (Fsp3) is 0.154. The van der Waals surface area contributed by atoms with Crippen molar-refractivity contribution < 1.29 is 90.0 Å². The number of aliphatic hydroxyl groups excluding tert-OH is 3. The maximum absolute atomic E-state index is 10.0. The molecule has 0 amide bonds. The summed E-state index contributed by atoms with van der Waals surface area (Å²) in [6, 6.07) is 66.8. The van der Waals surface area contributed by atoms with Gasteiger partial charge in [-0.2, -0.15) is 0 Å². The maximum Gasteiger partial charge on any atom is 0.155 e. The van der Waals surface area contributed by atoms with Crippen molar-refractivity contribution in [3.05, 3.63) is 269 Å². The Kier molecular flexibility index (Phi) is 31.6. The Morgan fingerprint density at radius 1 is 0.376 bits per heavy atom. The minimum absolute atomic E-state index is 0. The van der Waals surface area contributed by atoms with Gasteiger partial charge in [0.05, 0.1) is 31.4 Å². The molecule has 6 aromatic heterocycles. The fourth-order valence-electron chi connectivity index (χ4n) is 9.63. The van der Waals surface area contributed by atoms with E-state index in [2.05, 4.69) is 172 Å². The number of carbonyl (C=O) groups is 3. The molecule has 0 bridgehead atoms. The van der Waals surface area contributed by atoms with Gasteiger partial charge in [0.2, 0.25) is 0 Å². The van der Waals surface area contributed by atoms with Crippen LogP contribution >= 0.6 is 34.0 Å². The quantitative estimate of drug-likeness (QED) is 0.0729. The van der Waals surface area contributed by atoms with E-state index in [0.717, 1.165) is 33.8 Å². The van der Waals surface area contributed by atoms with Crippen LogP contribution in [0.15, 0.2) is 218 Å². The van der Waals surface area contributed by atoms with Crippen LogP contribution in [0.3, 0.4) is 0 Å². The molecule has 0 fully saturated rings. The monoisotopic (exact) mass is 1820 g/mol. The average Bonchev–Trinajstić information content (AvgIpc) is 1.80. The summed E-state index contributed by atoms with van der Waals surface area (Å²) < 4.78 is 3.66. The normalized spacial score (nSPS) is 10.8. The summed E-state index contributed by atoms with van der Waals surface area (Å²) in [5.74, 6) is -0.187. The molecular formula is C78H72Ir3N3O6S3-3. The van der Waals surface area contributed by atoms with Gasteiger partial charge in [-0.25, -0.2) is 0 Å². The first-order chi connectivity index (χ1) is 43.0. The summed E-state index contributed by atoms with van der Waals surface area (Å²) in [4.78, 5) is 47.7. The first-order valence-electron chi connectivity index (χ1n) is 29.0. The standard InChI is InChI=1S/C22H18NS.C21H16NS.C20H14NS.3C5H8O2.3Ir/c1-14-9-15(2)22(16(3)10-14)20-12-18-11-19(23-13-21(18)24-20)17-7-5-4-6-8-17;1-14-8-15(2)10-17(9-14)20-12-18-11-19(22-13-21(18)23-20)16-6-4-3-5-7-16;1-14-7-9-16(10-8-14)19-12-17-11-18(21-13-20(17)22-19)15-5-3-2-4-6-15;3*1-4(6)3-5(2)7;;;/h4-7,9-13H,1-3H3;3-6,8-13H,1-2H3;2-5,7-13H,1H3;3*3,6H,1-2H3;;;/q3*-1;;;;;;. The van der Waals surface area contributed by atoms with Crippen molar-refractivity contribution >= 4 is 81.6 Å². The van der Waals surface area contributed by atoms with E-state index in [9.17, 15) is 14.4 Å². The number of aryl methyl sites for hydroxylation is 6. The molecule has 6 aromatic carbocycles. The van der Waals surface area contributed by atoms with Crippen LogP contribution in [0, 0.1) is 59.7 Å².